The highest BCUT2D eigenvalue weighted by Crippen LogP contribution is 2.20. The fourth-order valence-electron chi connectivity index (χ4n) is 2.20. The first-order valence-electron chi connectivity index (χ1n) is 8.08. The highest BCUT2D eigenvalue weighted by Gasteiger charge is 2.17. The molecule has 0 fully saturated rings. The second kappa shape index (κ2) is 8.62. The lowest BCUT2D eigenvalue weighted by atomic mass is 10.1. The van der Waals surface area contributed by atoms with E-state index in [9.17, 15) is 17.6 Å². The van der Waals surface area contributed by atoms with Gasteiger partial charge in [-0.05, 0) is 49.7 Å². The van der Waals surface area contributed by atoms with E-state index in [0.717, 1.165) is 0 Å². The van der Waals surface area contributed by atoms with Gasteiger partial charge in [0, 0.05) is 22.3 Å². The van der Waals surface area contributed by atoms with E-state index >= 15 is 0 Å². The molecule has 2 aromatic rings. The van der Waals surface area contributed by atoms with Gasteiger partial charge >= 0.3 is 0 Å². The van der Waals surface area contributed by atoms with Crippen LogP contribution in [0.15, 0.2) is 47.4 Å². The summed E-state index contributed by atoms with van der Waals surface area (Å²) in [6.45, 7) is 3.66. The highest BCUT2D eigenvalue weighted by atomic mass is 35.5. The molecule has 0 saturated heterocycles. The fraction of sp³-hybridized carbons (Fsp3) is 0.278. The molecule has 0 aliphatic rings. The van der Waals surface area contributed by atoms with E-state index in [1.807, 2.05) is 6.92 Å². The zero-order valence-electron chi connectivity index (χ0n) is 14.4. The van der Waals surface area contributed by atoms with Crippen molar-refractivity contribution in [3.05, 3.63) is 58.9 Å². The molecule has 0 bridgehead atoms. The van der Waals surface area contributed by atoms with Gasteiger partial charge in [0.25, 0.3) is 0 Å². The quantitative estimate of drug-likeness (QED) is 0.746. The summed E-state index contributed by atoms with van der Waals surface area (Å²) in [5.41, 5.74) is 0.522. The number of amides is 1. The summed E-state index contributed by atoms with van der Waals surface area (Å²) in [6, 6.07) is 9.79. The van der Waals surface area contributed by atoms with Crippen LogP contribution in [0.25, 0.3) is 0 Å². The molecule has 26 heavy (non-hydrogen) atoms. The van der Waals surface area contributed by atoms with Crippen molar-refractivity contribution in [2.75, 3.05) is 5.32 Å². The Morgan fingerprint density at radius 1 is 1.19 bits per heavy atom. The molecule has 2 N–H and O–H groups in total. The molecule has 0 radical (unpaired) electrons. The van der Waals surface area contributed by atoms with Gasteiger partial charge in [-0.15, -0.1) is 0 Å². The Balaban J connectivity index is 2.06. The molecule has 1 atom stereocenters. The van der Waals surface area contributed by atoms with Gasteiger partial charge in [0.1, 0.15) is 5.82 Å². The van der Waals surface area contributed by atoms with E-state index < -0.39 is 21.7 Å². The lowest BCUT2D eigenvalue weighted by molar-refractivity contribution is -0.115. The second-order valence-corrected chi connectivity index (χ2v) is 8.00. The molecule has 0 saturated carbocycles. The standard InChI is InChI=1S/C18H20ClFN2O3S/c1-3-12(2)22-26(24,25)14-9-7-13(8-10-14)21-18(23)11-15-16(19)5-4-6-17(15)20/h4-10,12,22H,3,11H2,1-2H3,(H,21,23)/t12-/m0/s1. The largest absolute Gasteiger partial charge is 0.326 e. The Morgan fingerprint density at radius 3 is 2.42 bits per heavy atom. The number of sulfonamides is 1. The molecule has 8 heteroatoms. The molecule has 0 aromatic heterocycles. The number of carbonyl (C=O) groups is 1. The van der Waals surface area contributed by atoms with E-state index in [-0.39, 0.29) is 27.9 Å². The number of hydrogen-bond acceptors (Lipinski definition) is 3. The molecule has 5 nitrogen and oxygen atoms in total. The predicted octanol–water partition coefficient (Wildman–Crippen LogP) is 3.74. The topological polar surface area (TPSA) is 75.3 Å². The molecule has 0 unspecified atom stereocenters. The van der Waals surface area contributed by atoms with E-state index in [4.69, 9.17) is 11.6 Å². The van der Waals surface area contributed by atoms with E-state index in [2.05, 4.69) is 10.0 Å². The van der Waals surface area contributed by atoms with Crippen molar-refractivity contribution in [1.82, 2.24) is 4.72 Å². The van der Waals surface area contributed by atoms with Gasteiger partial charge in [-0.2, -0.15) is 0 Å². The van der Waals surface area contributed by atoms with Crippen molar-refractivity contribution in [2.24, 2.45) is 0 Å². The van der Waals surface area contributed by atoms with Gasteiger partial charge in [0.2, 0.25) is 15.9 Å². The van der Waals surface area contributed by atoms with Crippen LogP contribution in [0.1, 0.15) is 25.8 Å². The van der Waals surface area contributed by atoms with Crippen LogP contribution in [0.4, 0.5) is 10.1 Å². The lowest BCUT2D eigenvalue weighted by Crippen LogP contribution is -2.31. The summed E-state index contributed by atoms with van der Waals surface area (Å²) in [4.78, 5) is 12.2. The van der Waals surface area contributed by atoms with Crippen LogP contribution in [0, 0.1) is 5.82 Å². The van der Waals surface area contributed by atoms with Crippen molar-refractivity contribution < 1.29 is 17.6 Å². The fourth-order valence-corrected chi connectivity index (χ4v) is 3.76. The van der Waals surface area contributed by atoms with Crippen LogP contribution in [-0.2, 0) is 21.2 Å². The Morgan fingerprint density at radius 2 is 1.85 bits per heavy atom. The number of benzene rings is 2. The monoisotopic (exact) mass is 398 g/mol. The zero-order chi connectivity index (χ0) is 19.3. The maximum absolute atomic E-state index is 13.7. The Labute approximate surface area is 157 Å². The van der Waals surface area contributed by atoms with Gasteiger partial charge in [0.15, 0.2) is 0 Å². The number of anilines is 1. The van der Waals surface area contributed by atoms with Crippen molar-refractivity contribution in [1.29, 1.82) is 0 Å². The van der Waals surface area contributed by atoms with E-state index in [1.165, 1.54) is 42.5 Å². The summed E-state index contributed by atoms with van der Waals surface area (Å²) < 4.78 is 40.7. The van der Waals surface area contributed by atoms with Crippen LogP contribution in [-0.4, -0.2) is 20.4 Å². The third kappa shape index (κ3) is 5.27. The van der Waals surface area contributed by atoms with Crippen molar-refractivity contribution in [3.8, 4) is 0 Å². The molecule has 0 spiro atoms. The molecule has 2 rings (SSSR count). The molecule has 140 valence electrons. The van der Waals surface area contributed by atoms with Crippen molar-refractivity contribution in [2.45, 2.75) is 37.6 Å². The average Bonchev–Trinajstić information content (AvgIpc) is 2.58. The number of carbonyl (C=O) groups excluding carboxylic acids is 1. The van der Waals surface area contributed by atoms with Crippen LogP contribution in [0.3, 0.4) is 0 Å². The summed E-state index contributed by atoms with van der Waals surface area (Å²) in [6.07, 6.45) is 0.451. The first kappa shape index (κ1) is 20.4. The minimum Gasteiger partial charge on any atom is -0.326 e. The third-order valence-electron chi connectivity index (χ3n) is 3.82. The normalized spacial score (nSPS) is 12.6. The van der Waals surface area contributed by atoms with E-state index in [1.54, 1.807) is 6.92 Å². The average molecular weight is 399 g/mol. The molecule has 0 aliphatic heterocycles. The van der Waals surface area contributed by atoms with Gasteiger partial charge in [-0.25, -0.2) is 17.5 Å². The number of hydrogen-bond donors (Lipinski definition) is 2. The van der Waals surface area contributed by atoms with Gasteiger partial charge in [0.05, 0.1) is 11.3 Å². The smallest absolute Gasteiger partial charge is 0.240 e. The minimum absolute atomic E-state index is 0.105. The molecule has 0 aliphatic carbocycles. The first-order chi connectivity index (χ1) is 12.2. The summed E-state index contributed by atoms with van der Waals surface area (Å²) in [7, 11) is -3.61. The minimum atomic E-state index is -3.61. The Hall–Kier alpha value is -1.96. The molecule has 1 amide bonds. The van der Waals surface area contributed by atoms with Gasteiger partial charge in [-0.3, -0.25) is 4.79 Å². The summed E-state index contributed by atoms with van der Waals surface area (Å²) >= 11 is 5.91. The van der Waals surface area contributed by atoms with Crippen molar-refractivity contribution >= 4 is 33.2 Å². The van der Waals surface area contributed by atoms with E-state index in [0.29, 0.717) is 12.1 Å². The number of halogens is 2. The molecule has 0 heterocycles. The molecular formula is C18H20ClFN2O3S. The molecular weight excluding hydrogens is 379 g/mol. The summed E-state index contributed by atoms with van der Waals surface area (Å²) in [5.74, 6) is -1.00. The van der Waals surface area contributed by atoms with Crippen LogP contribution in [0.2, 0.25) is 5.02 Å². The zero-order valence-corrected chi connectivity index (χ0v) is 16.0. The van der Waals surface area contributed by atoms with Gasteiger partial charge in [-0.1, -0.05) is 24.6 Å². The van der Waals surface area contributed by atoms with Gasteiger partial charge < -0.3 is 5.32 Å². The van der Waals surface area contributed by atoms with Crippen LogP contribution < -0.4 is 10.0 Å². The maximum atomic E-state index is 13.7. The second-order valence-electron chi connectivity index (χ2n) is 5.88. The highest BCUT2D eigenvalue weighted by molar-refractivity contribution is 7.89. The maximum Gasteiger partial charge on any atom is 0.240 e. The first-order valence-corrected chi connectivity index (χ1v) is 9.94. The van der Waals surface area contributed by atoms with Crippen LogP contribution >= 0.6 is 11.6 Å². The SMILES string of the molecule is CC[C@H](C)NS(=O)(=O)c1ccc(NC(=O)Cc2c(F)cccc2Cl)cc1. The Kier molecular flexibility index (Phi) is 6.75. The summed E-state index contributed by atoms with van der Waals surface area (Å²) in [5, 5.41) is 2.77. The predicted molar refractivity (Wildman–Crippen MR) is 100 cm³/mol. The lowest BCUT2D eigenvalue weighted by Gasteiger charge is -2.12. The van der Waals surface area contributed by atoms with Crippen LogP contribution in [0.5, 0.6) is 0 Å². The molecule has 2 aromatic carbocycles. The number of nitrogens with one attached hydrogen (secondary N) is 2. The van der Waals surface area contributed by atoms with Crippen molar-refractivity contribution in [3.63, 3.8) is 0 Å². The third-order valence-corrected chi connectivity index (χ3v) is 5.78. The Bertz CT molecular complexity index is 866. The number of rotatable bonds is 7.